The van der Waals surface area contributed by atoms with E-state index in [2.05, 4.69) is 33.2 Å². The maximum absolute atomic E-state index is 8.99. The van der Waals surface area contributed by atoms with Crippen LogP contribution in [-0.2, 0) is 0 Å². The number of hydrogen-bond donors (Lipinski definition) is 0. The van der Waals surface area contributed by atoms with Crippen LogP contribution in [0.1, 0.15) is 24.8 Å². The lowest BCUT2D eigenvalue weighted by Gasteiger charge is -2.26. The van der Waals surface area contributed by atoms with Gasteiger partial charge in [0.2, 0.25) is 0 Å². The average Bonchev–Trinajstić information content (AvgIpc) is 3.28. The van der Waals surface area contributed by atoms with E-state index in [1.165, 1.54) is 32.4 Å². The van der Waals surface area contributed by atoms with Crippen LogP contribution >= 0.6 is 0 Å². The molecule has 2 aromatic heterocycles. The molecule has 0 unspecified atom stereocenters. The number of aromatic nitrogens is 3. The maximum atomic E-state index is 8.99. The minimum atomic E-state index is 0.638. The molecule has 0 spiro atoms. The Kier molecular flexibility index (Phi) is 5.82. The Bertz CT molecular complexity index is 1230. The van der Waals surface area contributed by atoms with Gasteiger partial charge in [-0.2, -0.15) is 10.4 Å². The summed E-state index contributed by atoms with van der Waals surface area (Å²) in [6.07, 6.45) is 9.64. The van der Waals surface area contributed by atoms with E-state index < -0.39 is 0 Å². The van der Waals surface area contributed by atoms with E-state index in [-0.39, 0.29) is 0 Å². The van der Waals surface area contributed by atoms with E-state index in [9.17, 15) is 0 Å². The Morgan fingerprint density at radius 1 is 0.875 bits per heavy atom. The van der Waals surface area contributed by atoms with Crippen LogP contribution in [0.15, 0.2) is 67.1 Å². The van der Waals surface area contributed by atoms with E-state index in [1.54, 1.807) is 4.52 Å². The second-order valence-corrected chi connectivity index (χ2v) is 8.13. The molecule has 1 fully saturated rings. The highest BCUT2D eigenvalue weighted by atomic mass is 16.5. The van der Waals surface area contributed by atoms with Gasteiger partial charge in [-0.3, -0.25) is 4.90 Å². The molecule has 2 aromatic carbocycles. The number of ether oxygens (including phenoxy) is 1. The zero-order chi connectivity index (χ0) is 21.8. The molecule has 5 rings (SSSR count). The zero-order valence-electron chi connectivity index (χ0n) is 17.9. The summed E-state index contributed by atoms with van der Waals surface area (Å²) in [5, 5.41) is 13.5. The monoisotopic (exact) mass is 423 g/mol. The summed E-state index contributed by atoms with van der Waals surface area (Å²) in [5.74, 6) is 0.891. The van der Waals surface area contributed by atoms with Gasteiger partial charge in [0, 0.05) is 30.1 Å². The van der Waals surface area contributed by atoms with Crippen molar-refractivity contribution in [2.45, 2.75) is 19.3 Å². The average molecular weight is 424 g/mol. The fourth-order valence-electron chi connectivity index (χ4n) is 4.17. The number of nitrogens with zero attached hydrogens (tertiary/aromatic N) is 5. The van der Waals surface area contributed by atoms with Gasteiger partial charge in [0.25, 0.3) is 0 Å². The molecule has 0 bridgehead atoms. The highest BCUT2D eigenvalue weighted by molar-refractivity contribution is 5.78. The van der Waals surface area contributed by atoms with Crippen molar-refractivity contribution in [1.29, 1.82) is 5.26 Å². The number of piperidine rings is 1. The van der Waals surface area contributed by atoms with Gasteiger partial charge in [-0.05, 0) is 61.3 Å². The molecule has 1 aliphatic heterocycles. The van der Waals surface area contributed by atoms with Gasteiger partial charge in [0.15, 0.2) is 5.65 Å². The van der Waals surface area contributed by atoms with Crippen LogP contribution in [-0.4, -0.2) is 45.7 Å². The van der Waals surface area contributed by atoms with Gasteiger partial charge < -0.3 is 4.74 Å². The van der Waals surface area contributed by atoms with E-state index in [4.69, 9.17) is 10.00 Å². The Balaban J connectivity index is 1.27. The first kappa shape index (κ1) is 20.2. The molecular weight excluding hydrogens is 398 g/mol. The van der Waals surface area contributed by atoms with Crippen molar-refractivity contribution < 1.29 is 4.74 Å². The molecule has 0 N–H and O–H groups in total. The standard InChI is InChI=1S/C26H25N5O/c27-16-20-4-6-22(7-5-20)25-18-29-31-19-23(17-28-26(25)31)21-8-10-24(11-9-21)32-15-14-30-12-2-1-3-13-30/h4-11,17-19H,1-3,12-15H2. The summed E-state index contributed by atoms with van der Waals surface area (Å²) >= 11 is 0. The van der Waals surface area contributed by atoms with E-state index in [0.29, 0.717) is 5.56 Å². The largest absolute Gasteiger partial charge is 0.492 e. The molecule has 6 nitrogen and oxygen atoms in total. The lowest BCUT2D eigenvalue weighted by atomic mass is 10.1. The number of hydrogen-bond acceptors (Lipinski definition) is 5. The summed E-state index contributed by atoms with van der Waals surface area (Å²) in [6, 6.07) is 17.8. The molecule has 32 heavy (non-hydrogen) atoms. The fraction of sp³-hybridized carbons (Fsp3) is 0.269. The number of rotatable bonds is 6. The Morgan fingerprint density at radius 2 is 1.62 bits per heavy atom. The predicted molar refractivity (Wildman–Crippen MR) is 124 cm³/mol. The highest BCUT2D eigenvalue weighted by Crippen LogP contribution is 2.26. The normalized spacial score (nSPS) is 14.3. The third-order valence-electron chi connectivity index (χ3n) is 5.99. The molecule has 6 heteroatoms. The molecule has 0 atom stereocenters. The van der Waals surface area contributed by atoms with E-state index in [1.807, 2.05) is 55.0 Å². The second kappa shape index (κ2) is 9.21. The zero-order valence-corrected chi connectivity index (χ0v) is 17.9. The molecule has 3 heterocycles. The van der Waals surface area contributed by atoms with Crippen LogP contribution in [0.25, 0.3) is 27.9 Å². The van der Waals surface area contributed by atoms with E-state index >= 15 is 0 Å². The number of nitriles is 1. The molecule has 0 saturated carbocycles. The topological polar surface area (TPSA) is 66.5 Å². The van der Waals surface area contributed by atoms with Crippen molar-refractivity contribution in [3.63, 3.8) is 0 Å². The molecule has 0 amide bonds. The number of likely N-dealkylation sites (tertiary alicyclic amines) is 1. The van der Waals surface area contributed by atoms with Gasteiger partial charge in [-0.25, -0.2) is 9.50 Å². The van der Waals surface area contributed by atoms with E-state index in [0.717, 1.165) is 46.8 Å². The number of fused-ring (bicyclic) bond motifs is 1. The molecular formula is C26H25N5O. The molecule has 1 aliphatic rings. The Labute approximate surface area is 187 Å². The van der Waals surface area contributed by atoms with Crippen molar-refractivity contribution in [3.8, 4) is 34.1 Å². The summed E-state index contributed by atoms with van der Waals surface area (Å²) < 4.78 is 7.74. The summed E-state index contributed by atoms with van der Waals surface area (Å²) in [5.41, 5.74) is 5.42. The SMILES string of the molecule is N#Cc1ccc(-c2cnn3cc(-c4ccc(OCCN5CCCCC5)cc4)cnc23)cc1. The summed E-state index contributed by atoms with van der Waals surface area (Å²) in [6.45, 7) is 4.09. The van der Waals surface area contributed by atoms with Crippen molar-refractivity contribution >= 4 is 5.65 Å². The van der Waals surface area contributed by atoms with Crippen molar-refractivity contribution in [3.05, 3.63) is 72.7 Å². The van der Waals surface area contributed by atoms with Gasteiger partial charge in [-0.1, -0.05) is 30.7 Å². The molecule has 160 valence electrons. The first-order chi connectivity index (χ1) is 15.8. The first-order valence-corrected chi connectivity index (χ1v) is 11.1. The smallest absolute Gasteiger partial charge is 0.162 e. The minimum absolute atomic E-state index is 0.638. The van der Waals surface area contributed by atoms with Crippen LogP contribution in [0, 0.1) is 11.3 Å². The predicted octanol–water partition coefficient (Wildman–Crippen LogP) is 4.80. The Hall–Kier alpha value is -3.69. The molecule has 0 radical (unpaired) electrons. The molecule has 1 saturated heterocycles. The van der Waals surface area contributed by atoms with Crippen molar-refractivity contribution in [2.24, 2.45) is 0 Å². The lowest BCUT2D eigenvalue weighted by molar-refractivity contribution is 0.183. The lowest BCUT2D eigenvalue weighted by Crippen LogP contribution is -2.33. The molecule has 4 aromatic rings. The van der Waals surface area contributed by atoms with Crippen molar-refractivity contribution in [2.75, 3.05) is 26.2 Å². The van der Waals surface area contributed by atoms with Crippen LogP contribution in [0.2, 0.25) is 0 Å². The van der Waals surface area contributed by atoms with Gasteiger partial charge in [0.05, 0.1) is 17.8 Å². The molecule has 0 aliphatic carbocycles. The first-order valence-electron chi connectivity index (χ1n) is 11.1. The fourth-order valence-corrected chi connectivity index (χ4v) is 4.17. The van der Waals surface area contributed by atoms with Gasteiger partial charge in [-0.15, -0.1) is 0 Å². The van der Waals surface area contributed by atoms with Crippen molar-refractivity contribution in [1.82, 2.24) is 19.5 Å². The maximum Gasteiger partial charge on any atom is 0.162 e. The second-order valence-electron chi connectivity index (χ2n) is 8.13. The van der Waals surface area contributed by atoms with Crippen LogP contribution in [0.5, 0.6) is 5.75 Å². The third kappa shape index (κ3) is 4.34. The van der Waals surface area contributed by atoms with Crippen LogP contribution in [0.3, 0.4) is 0 Å². The third-order valence-corrected chi connectivity index (χ3v) is 5.99. The number of benzene rings is 2. The van der Waals surface area contributed by atoms with Gasteiger partial charge >= 0.3 is 0 Å². The van der Waals surface area contributed by atoms with Gasteiger partial charge in [0.1, 0.15) is 12.4 Å². The van der Waals surface area contributed by atoms with Crippen LogP contribution < -0.4 is 4.74 Å². The summed E-state index contributed by atoms with van der Waals surface area (Å²) in [4.78, 5) is 7.14. The van der Waals surface area contributed by atoms with Crippen LogP contribution in [0.4, 0.5) is 0 Å². The quantitative estimate of drug-likeness (QED) is 0.446. The Morgan fingerprint density at radius 3 is 2.38 bits per heavy atom. The highest BCUT2D eigenvalue weighted by Gasteiger charge is 2.11. The minimum Gasteiger partial charge on any atom is -0.492 e. The summed E-state index contributed by atoms with van der Waals surface area (Å²) in [7, 11) is 0.